The number of nitrogens with zero attached hydrogens (tertiary/aromatic N) is 3. The molecule has 0 spiro atoms. The Balaban J connectivity index is 0.000000231. The lowest BCUT2D eigenvalue weighted by molar-refractivity contribution is -0.617. The van der Waals surface area contributed by atoms with Crippen LogP contribution in [-0.2, 0) is 22.7 Å². The Morgan fingerprint density at radius 3 is 2.43 bits per heavy atom. The number of hydrogen-bond donors (Lipinski definition) is 0. The maximum Gasteiger partial charge on any atom is 0.218 e. The van der Waals surface area contributed by atoms with Gasteiger partial charge in [0.05, 0.1) is 21.2 Å². The highest BCUT2D eigenvalue weighted by molar-refractivity contribution is 9.10. The fourth-order valence-electron chi connectivity index (χ4n) is 1.54. The normalized spacial score (nSPS) is 9.70. The van der Waals surface area contributed by atoms with Crippen LogP contribution in [0, 0.1) is 16.5 Å². The molecule has 0 aliphatic carbocycles. The van der Waals surface area contributed by atoms with Crippen molar-refractivity contribution in [2.24, 2.45) is 0 Å². The number of hydrogen-bond acceptors (Lipinski definition) is 5. The van der Waals surface area contributed by atoms with E-state index in [1.165, 1.54) is 6.20 Å². The molecule has 8 heteroatoms. The molecule has 2 heterocycles. The molecule has 0 unspecified atom stereocenters. The topological polar surface area (TPSA) is 82.1 Å². The number of nitriles is 1. The molecule has 0 atom stereocenters. The van der Waals surface area contributed by atoms with E-state index in [1.807, 2.05) is 18.2 Å². The van der Waals surface area contributed by atoms with Crippen LogP contribution in [-0.4, -0.2) is 19.2 Å². The van der Waals surface area contributed by atoms with Gasteiger partial charge in [0.1, 0.15) is 12.7 Å². The lowest BCUT2D eigenvalue weighted by atomic mass is 10.3. The molecule has 23 heavy (non-hydrogen) atoms. The fourth-order valence-corrected chi connectivity index (χ4v) is 2.16. The van der Waals surface area contributed by atoms with Crippen LogP contribution < -0.4 is 4.73 Å². The van der Waals surface area contributed by atoms with E-state index < -0.39 is 0 Å². The molecule has 0 aromatic carbocycles. The Kier molecular flexibility index (Phi) is 8.73. The van der Waals surface area contributed by atoms with Crippen molar-refractivity contribution < 1.29 is 14.2 Å². The number of methoxy groups -OCH3 is 2. The third-order valence-electron chi connectivity index (χ3n) is 2.55. The first-order valence-electron chi connectivity index (χ1n) is 6.42. The highest BCUT2D eigenvalue weighted by Gasteiger charge is 2.03. The molecule has 0 aliphatic rings. The standard InChI is InChI=1S/C8H7BrN2O.C7H8BrNO2/c1-12-5-6-2-3-7(9)8(4-10)11-6;1-11-5-7-3-2-6(8)4-9(7)10/h2-3H,5H2,1H3;2-4H,5H2,1H3. The molecule has 0 saturated heterocycles. The Morgan fingerprint density at radius 1 is 1.17 bits per heavy atom. The summed E-state index contributed by atoms with van der Waals surface area (Å²) in [4.78, 5) is 4.05. The molecule has 0 saturated carbocycles. The van der Waals surface area contributed by atoms with Crippen LogP contribution >= 0.6 is 31.9 Å². The molecule has 0 fully saturated rings. The molecule has 2 rings (SSSR count). The van der Waals surface area contributed by atoms with Gasteiger partial charge in [-0.15, -0.1) is 0 Å². The summed E-state index contributed by atoms with van der Waals surface area (Å²) < 4.78 is 12.0. The van der Waals surface area contributed by atoms with E-state index in [0.29, 0.717) is 29.1 Å². The molecule has 122 valence electrons. The number of ether oxygens (including phenoxy) is 2. The minimum absolute atomic E-state index is 0.344. The van der Waals surface area contributed by atoms with Crippen molar-refractivity contribution in [1.29, 1.82) is 5.26 Å². The average molecular weight is 445 g/mol. The second-order valence-electron chi connectivity index (χ2n) is 4.28. The summed E-state index contributed by atoms with van der Waals surface area (Å²) in [5, 5.41) is 19.7. The van der Waals surface area contributed by atoms with Gasteiger partial charge >= 0.3 is 0 Å². The summed E-state index contributed by atoms with van der Waals surface area (Å²) in [6.45, 7) is 0.777. The van der Waals surface area contributed by atoms with Gasteiger partial charge in [0, 0.05) is 20.3 Å². The summed E-state index contributed by atoms with van der Waals surface area (Å²) in [6.07, 6.45) is 1.45. The number of aromatic nitrogens is 2. The lowest BCUT2D eigenvalue weighted by Crippen LogP contribution is -2.31. The smallest absolute Gasteiger partial charge is 0.218 e. The molecule has 0 N–H and O–H groups in total. The molecular formula is C15H15Br2N3O3. The van der Waals surface area contributed by atoms with Crippen molar-refractivity contribution in [2.45, 2.75) is 13.2 Å². The van der Waals surface area contributed by atoms with Crippen LogP contribution in [0.4, 0.5) is 0 Å². The van der Waals surface area contributed by atoms with Gasteiger partial charge in [-0.2, -0.15) is 9.99 Å². The van der Waals surface area contributed by atoms with Crippen LogP contribution in [0.3, 0.4) is 0 Å². The third kappa shape index (κ3) is 6.62. The van der Waals surface area contributed by atoms with Gasteiger partial charge in [-0.05, 0) is 50.1 Å². The maximum absolute atomic E-state index is 11.0. The van der Waals surface area contributed by atoms with Crippen LogP contribution in [0.5, 0.6) is 0 Å². The van der Waals surface area contributed by atoms with E-state index in [2.05, 4.69) is 36.8 Å². The van der Waals surface area contributed by atoms with E-state index >= 15 is 0 Å². The fraction of sp³-hybridized carbons (Fsp3) is 0.267. The van der Waals surface area contributed by atoms with Crippen molar-refractivity contribution in [2.75, 3.05) is 14.2 Å². The first kappa shape index (κ1) is 19.5. The van der Waals surface area contributed by atoms with Crippen LogP contribution in [0.2, 0.25) is 0 Å². The molecule has 0 radical (unpaired) electrons. The van der Waals surface area contributed by atoms with E-state index in [4.69, 9.17) is 14.7 Å². The molecule has 0 amide bonds. The van der Waals surface area contributed by atoms with E-state index in [-0.39, 0.29) is 0 Å². The molecule has 6 nitrogen and oxygen atoms in total. The summed E-state index contributed by atoms with van der Waals surface area (Å²) in [5.74, 6) is 0. The summed E-state index contributed by atoms with van der Waals surface area (Å²) in [6, 6.07) is 9.12. The maximum atomic E-state index is 11.0. The van der Waals surface area contributed by atoms with Gasteiger partial charge in [-0.25, -0.2) is 4.98 Å². The van der Waals surface area contributed by atoms with Crippen molar-refractivity contribution in [3.05, 3.63) is 61.7 Å². The Hall–Kier alpha value is -1.53. The molecule has 0 aliphatic heterocycles. The molecule has 2 aromatic heterocycles. The van der Waals surface area contributed by atoms with Crippen molar-refractivity contribution >= 4 is 31.9 Å². The minimum atomic E-state index is 0.344. The van der Waals surface area contributed by atoms with E-state index in [1.54, 1.807) is 26.4 Å². The largest absolute Gasteiger partial charge is 0.618 e. The number of rotatable bonds is 4. The van der Waals surface area contributed by atoms with Crippen molar-refractivity contribution in [1.82, 2.24) is 4.98 Å². The van der Waals surface area contributed by atoms with Gasteiger partial charge in [0.15, 0.2) is 11.9 Å². The SMILES string of the molecule is COCc1ccc(Br)c(C#N)n1.COCc1ccc(Br)c[n+]1[O-]. The van der Waals surface area contributed by atoms with Crippen molar-refractivity contribution in [3.63, 3.8) is 0 Å². The van der Waals surface area contributed by atoms with Gasteiger partial charge in [0.25, 0.3) is 0 Å². The lowest BCUT2D eigenvalue weighted by Gasteiger charge is -2.02. The van der Waals surface area contributed by atoms with E-state index in [9.17, 15) is 5.21 Å². The summed E-state index contributed by atoms with van der Waals surface area (Å²) in [5.41, 5.74) is 1.76. The summed E-state index contributed by atoms with van der Waals surface area (Å²) in [7, 11) is 3.15. The molecule has 2 aromatic rings. The Morgan fingerprint density at radius 2 is 1.87 bits per heavy atom. The van der Waals surface area contributed by atoms with Gasteiger partial charge in [-0.1, -0.05) is 0 Å². The van der Waals surface area contributed by atoms with Crippen LogP contribution in [0.25, 0.3) is 0 Å². The van der Waals surface area contributed by atoms with Gasteiger partial charge < -0.3 is 14.7 Å². The predicted octanol–water partition coefficient (Wildman–Crippen LogP) is 3.09. The van der Waals surface area contributed by atoms with Crippen molar-refractivity contribution in [3.8, 4) is 6.07 Å². The highest BCUT2D eigenvalue weighted by atomic mass is 79.9. The highest BCUT2D eigenvalue weighted by Crippen LogP contribution is 2.14. The zero-order chi connectivity index (χ0) is 17.2. The predicted molar refractivity (Wildman–Crippen MR) is 91.2 cm³/mol. The van der Waals surface area contributed by atoms with Gasteiger partial charge in [0.2, 0.25) is 5.69 Å². The average Bonchev–Trinajstić information content (AvgIpc) is 2.53. The molecular weight excluding hydrogens is 430 g/mol. The first-order valence-corrected chi connectivity index (χ1v) is 8.01. The second kappa shape index (κ2) is 10.3. The minimum Gasteiger partial charge on any atom is -0.618 e. The molecule has 0 bridgehead atoms. The Bertz CT molecular complexity index is 690. The quantitative estimate of drug-likeness (QED) is 0.534. The monoisotopic (exact) mass is 443 g/mol. The van der Waals surface area contributed by atoms with Gasteiger partial charge in [-0.3, -0.25) is 0 Å². The zero-order valence-corrected chi connectivity index (χ0v) is 15.8. The van der Waals surface area contributed by atoms with Crippen LogP contribution in [0.1, 0.15) is 17.1 Å². The number of halogens is 2. The van der Waals surface area contributed by atoms with E-state index in [0.717, 1.165) is 14.9 Å². The number of pyridine rings is 2. The van der Waals surface area contributed by atoms with Crippen LogP contribution in [0.15, 0.2) is 39.4 Å². The second-order valence-corrected chi connectivity index (χ2v) is 6.05. The third-order valence-corrected chi connectivity index (χ3v) is 3.66. The Labute approximate surface area is 151 Å². The zero-order valence-electron chi connectivity index (χ0n) is 12.6. The first-order chi connectivity index (χ1) is 11.0. The summed E-state index contributed by atoms with van der Waals surface area (Å²) >= 11 is 6.40.